The van der Waals surface area contributed by atoms with Crippen molar-refractivity contribution in [2.24, 2.45) is 0 Å². The summed E-state index contributed by atoms with van der Waals surface area (Å²) in [5.41, 5.74) is 3.36. The van der Waals surface area contributed by atoms with Gasteiger partial charge in [0.15, 0.2) is 9.84 Å². The lowest BCUT2D eigenvalue weighted by molar-refractivity contribution is 0.402. The Morgan fingerprint density at radius 3 is 2.15 bits per heavy atom. The molecule has 0 aromatic heterocycles. The molecule has 0 fully saturated rings. The minimum atomic E-state index is -3.13. The highest BCUT2D eigenvalue weighted by Crippen LogP contribution is 2.22. The Labute approximate surface area is 120 Å². The van der Waals surface area contributed by atoms with Crippen molar-refractivity contribution in [2.75, 3.05) is 20.4 Å². The van der Waals surface area contributed by atoms with Crippen LogP contribution in [0.1, 0.15) is 5.56 Å². The monoisotopic (exact) mass is 289 g/mol. The van der Waals surface area contributed by atoms with Gasteiger partial charge in [0.25, 0.3) is 0 Å². The van der Waals surface area contributed by atoms with Crippen molar-refractivity contribution in [3.8, 4) is 11.1 Å². The molecule has 0 unspecified atom stereocenters. The Balaban J connectivity index is 2.32. The Morgan fingerprint density at radius 1 is 0.950 bits per heavy atom. The van der Waals surface area contributed by atoms with Gasteiger partial charge in [-0.1, -0.05) is 30.3 Å². The summed E-state index contributed by atoms with van der Waals surface area (Å²) in [6, 6.07) is 15.3. The molecule has 2 aromatic rings. The Hall–Kier alpha value is -1.65. The van der Waals surface area contributed by atoms with E-state index in [9.17, 15) is 8.42 Å². The fourth-order valence-corrected chi connectivity index (χ4v) is 2.74. The molecule has 0 aliphatic rings. The van der Waals surface area contributed by atoms with Crippen LogP contribution in [0, 0.1) is 0 Å². The highest BCUT2D eigenvalue weighted by molar-refractivity contribution is 7.90. The second kappa shape index (κ2) is 5.77. The van der Waals surface area contributed by atoms with Crippen LogP contribution >= 0.6 is 0 Å². The summed E-state index contributed by atoms with van der Waals surface area (Å²) in [7, 11) is 0.938. The van der Waals surface area contributed by atoms with Gasteiger partial charge in [0, 0.05) is 12.8 Å². The summed E-state index contributed by atoms with van der Waals surface area (Å²) in [5, 5.41) is 0. The van der Waals surface area contributed by atoms with Gasteiger partial charge in [0.2, 0.25) is 0 Å². The van der Waals surface area contributed by atoms with Crippen LogP contribution in [-0.4, -0.2) is 33.7 Å². The molecule has 0 spiro atoms. The lowest BCUT2D eigenvalue weighted by atomic mass is 10.0. The zero-order valence-corrected chi connectivity index (χ0v) is 12.8. The second-order valence-electron chi connectivity index (χ2n) is 5.23. The third kappa shape index (κ3) is 3.68. The van der Waals surface area contributed by atoms with Crippen molar-refractivity contribution in [1.82, 2.24) is 4.90 Å². The largest absolute Gasteiger partial charge is 0.305 e. The summed E-state index contributed by atoms with van der Waals surface area (Å²) < 4.78 is 22.9. The van der Waals surface area contributed by atoms with Gasteiger partial charge in [0.1, 0.15) is 0 Å². The molecule has 0 bridgehead atoms. The molecular weight excluding hydrogens is 270 g/mol. The van der Waals surface area contributed by atoms with Crippen molar-refractivity contribution < 1.29 is 8.42 Å². The molecule has 4 heteroatoms. The maximum atomic E-state index is 11.5. The summed E-state index contributed by atoms with van der Waals surface area (Å²) in [6.45, 7) is 0.884. The molecule has 0 aliphatic carbocycles. The first kappa shape index (κ1) is 14.8. The van der Waals surface area contributed by atoms with E-state index in [2.05, 4.69) is 17.0 Å². The normalized spacial score (nSPS) is 11.8. The van der Waals surface area contributed by atoms with E-state index in [1.54, 1.807) is 12.1 Å². The molecule has 0 radical (unpaired) electrons. The standard InChI is InChI=1S/C16H19NO2S/c1-17(2)12-13-5-4-6-15(11-13)14-7-9-16(10-8-14)20(3,18)19/h4-11H,12H2,1-3H3. The molecule has 0 heterocycles. The van der Waals surface area contributed by atoms with Crippen molar-refractivity contribution in [3.63, 3.8) is 0 Å². The molecule has 0 saturated heterocycles. The Kier molecular flexibility index (Phi) is 4.26. The number of sulfone groups is 1. The first-order chi connectivity index (χ1) is 9.36. The van der Waals surface area contributed by atoms with Gasteiger partial charge in [-0.25, -0.2) is 8.42 Å². The van der Waals surface area contributed by atoms with E-state index in [1.807, 2.05) is 38.4 Å². The molecule has 2 aromatic carbocycles. The zero-order valence-electron chi connectivity index (χ0n) is 12.0. The number of rotatable bonds is 4. The van der Waals surface area contributed by atoms with Gasteiger partial charge in [-0.05, 0) is 49.0 Å². The molecular formula is C16H19NO2S. The number of hydrogen-bond acceptors (Lipinski definition) is 3. The van der Waals surface area contributed by atoms with E-state index in [1.165, 1.54) is 11.8 Å². The average molecular weight is 289 g/mol. The van der Waals surface area contributed by atoms with Crippen LogP contribution in [-0.2, 0) is 16.4 Å². The third-order valence-corrected chi connectivity index (χ3v) is 4.17. The lowest BCUT2D eigenvalue weighted by Gasteiger charge is -2.11. The van der Waals surface area contributed by atoms with Crippen LogP contribution in [0.2, 0.25) is 0 Å². The van der Waals surface area contributed by atoms with Crippen LogP contribution in [0.5, 0.6) is 0 Å². The lowest BCUT2D eigenvalue weighted by Crippen LogP contribution is -2.10. The first-order valence-electron chi connectivity index (χ1n) is 6.40. The zero-order chi connectivity index (χ0) is 14.8. The van der Waals surface area contributed by atoms with Gasteiger partial charge in [-0.15, -0.1) is 0 Å². The molecule has 20 heavy (non-hydrogen) atoms. The summed E-state index contributed by atoms with van der Waals surface area (Å²) >= 11 is 0. The molecule has 0 amide bonds. The molecule has 2 rings (SSSR count). The van der Waals surface area contributed by atoms with E-state index < -0.39 is 9.84 Å². The molecule has 0 atom stereocenters. The van der Waals surface area contributed by atoms with Crippen molar-refractivity contribution in [3.05, 3.63) is 54.1 Å². The van der Waals surface area contributed by atoms with Gasteiger partial charge in [-0.2, -0.15) is 0 Å². The number of benzene rings is 2. The highest BCUT2D eigenvalue weighted by atomic mass is 32.2. The van der Waals surface area contributed by atoms with Gasteiger partial charge < -0.3 is 4.90 Å². The predicted octanol–water partition coefficient (Wildman–Crippen LogP) is 2.82. The quantitative estimate of drug-likeness (QED) is 0.868. The molecule has 3 nitrogen and oxygen atoms in total. The first-order valence-corrected chi connectivity index (χ1v) is 8.29. The van der Waals surface area contributed by atoms with E-state index in [4.69, 9.17) is 0 Å². The molecule has 0 N–H and O–H groups in total. The maximum Gasteiger partial charge on any atom is 0.175 e. The van der Waals surface area contributed by atoms with Crippen molar-refractivity contribution >= 4 is 9.84 Å². The summed E-state index contributed by atoms with van der Waals surface area (Å²) in [5.74, 6) is 0. The Bertz CT molecular complexity index is 689. The van der Waals surface area contributed by atoms with Crippen LogP contribution in [0.25, 0.3) is 11.1 Å². The van der Waals surface area contributed by atoms with Gasteiger partial charge >= 0.3 is 0 Å². The van der Waals surface area contributed by atoms with Crippen LogP contribution in [0.4, 0.5) is 0 Å². The molecule has 0 aliphatic heterocycles. The SMILES string of the molecule is CN(C)Cc1cccc(-c2ccc(S(C)(=O)=O)cc2)c1. The van der Waals surface area contributed by atoms with Crippen LogP contribution in [0.15, 0.2) is 53.4 Å². The van der Waals surface area contributed by atoms with E-state index in [0.717, 1.165) is 17.7 Å². The van der Waals surface area contributed by atoms with E-state index in [-0.39, 0.29) is 0 Å². The number of hydrogen-bond donors (Lipinski definition) is 0. The minimum absolute atomic E-state index is 0.352. The highest BCUT2D eigenvalue weighted by Gasteiger charge is 2.07. The van der Waals surface area contributed by atoms with Crippen LogP contribution < -0.4 is 0 Å². The predicted molar refractivity (Wildman–Crippen MR) is 82.4 cm³/mol. The summed E-state index contributed by atoms with van der Waals surface area (Å²) in [4.78, 5) is 2.47. The topological polar surface area (TPSA) is 37.4 Å². The van der Waals surface area contributed by atoms with Crippen LogP contribution in [0.3, 0.4) is 0 Å². The van der Waals surface area contributed by atoms with Crippen molar-refractivity contribution in [1.29, 1.82) is 0 Å². The van der Waals surface area contributed by atoms with Crippen molar-refractivity contribution in [2.45, 2.75) is 11.4 Å². The minimum Gasteiger partial charge on any atom is -0.305 e. The van der Waals surface area contributed by atoms with Gasteiger partial charge in [0.05, 0.1) is 4.90 Å². The fraction of sp³-hybridized carbons (Fsp3) is 0.250. The number of nitrogens with zero attached hydrogens (tertiary/aromatic N) is 1. The average Bonchev–Trinajstić information content (AvgIpc) is 2.37. The van der Waals surface area contributed by atoms with E-state index in [0.29, 0.717) is 4.90 Å². The molecule has 0 saturated carbocycles. The third-order valence-electron chi connectivity index (χ3n) is 3.04. The molecule has 106 valence electrons. The maximum absolute atomic E-state index is 11.5. The Morgan fingerprint density at radius 2 is 1.60 bits per heavy atom. The van der Waals surface area contributed by atoms with Gasteiger partial charge in [-0.3, -0.25) is 0 Å². The second-order valence-corrected chi connectivity index (χ2v) is 7.25. The smallest absolute Gasteiger partial charge is 0.175 e. The fourth-order valence-electron chi connectivity index (χ4n) is 2.11. The van der Waals surface area contributed by atoms with E-state index >= 15 is 0 Å². The summed E-state index contributed by atoms with van der Waals surface area (Å²) in [6.07, 6.45) is 1.22.